The molecule has 9 heteroatoms. The minimum atomic E-state index is -0.524. The molecule has 0 spiro atoms. The van der Waals surface area contributed by atoms with Crippen LogP contribution in [0.2, 0.25) is 0 Å². The van der Waals surface area contributed by atoms with Crippen molar-refractivity contribution in [3.63, 3.8) is 0 Å². The summed E-state index contributed by atoms with van der Waals surface area (Å²) >= 11 is 0. The highest BCUT2D eigenvalue weighted by atomic mass is 16.3. The van der Waals surface area contributed by atoms with E-state index >= 15 is 0 Å². The van der Waals surface area contributed by atoms with Crippen molar-refractivity contribution in [1.29, 1.82) is 0 Å². The number of phenols is 1. The number of nitrogens with one attached hydrogen (secondary N) is 2. The molecule has 0 aliphatic carbocycles. The van der Waals surface area contributed by atoms with Gasteiger partial charge in [-0.05, 0) is 31.5 Å². The van der Waals surface area contributed by atoms with Crippen LogP contribution in [0.5, 0.6) is 5.75 Å². The van der Waals surface area contributed by atoms with Crippen LogP contribution in [-0.2, 0) is 13.1 Å². The molecule has 6 N–H and O–H groups in total. The van der Waals surface area contributed by atoms with Crippen molar-refractivity contribution in [3.8, 4) is 5.75 Å². The van der Waals surface area contributed by atoms with Crippen molar-refractivity contribution in [3.05, 3.63) is 30.1 Å². The Morgan fingerprint density at radius 1 is 1.21 bits per heavy atom. The number of fused-ring (bicyclic) bond motifs is 1. The number of hydrogen-bond donors (Lipinski definition) is 5. The number of nitrogens with zero attached hydrogens (tertiary/aromatic N) is 4. The third-order valence-electron chi connectivity index (χ3n) is 4.57. The SMILES string of the molecule is CCCCCn1cnc2c(NCc3cc(N)ccc3O)nc(NCC(C)O)nc21. The molecule has 3 aromatic rings. The van der Waals surface area contributed by atoms with Gasteiger partial charge in [0.05, 0.1) is 12.4 Å². The summed E-state index contributed by atoms with van der Waals surface area (Å²) in [6.45, 7) is 5.36. The number of benzene rings is 1. The topological polar surface area (TPSA) is 134 Å². The number of unbranched alkanes of at least 4 members (excludes halogenated alkanes) is 2. The molecule has 156 valence electrons. The third-order valence-corrected chi connectivity index (χ3v) is 4.57. The summed E-state index contributed by atoms with van der Waals surface area (Å²) in [5, 5.41) is 25.9. The first-order chi connectivity index (χ1) is 14.0. The van der Waals surface area contributed by atoms with Gasteiger partial charge in [0.25, 0.3) is 0 Å². The largest absolute Gasteiger partial charge is 0.508 e. The highest BCUT2D eigenvalue weighted by molar-refractivity contribution is 5.84. The molecule has 0 bridgehead atoms. The molecule has 1 unspecified atom stereocenters. The van der Waals surface area contributed by atoms with Gasteiger partial charge in [-0.25, -0.2) is 4.98 Å². The fraction of sp³-hybridized carbons (Fsp3) is 0.450. The predicted molar refractivity (Wildman–Crippen MR) is 115 cm³/mol. The van der Waals surface area contributed by atoms with E-state index < -0.39 is 6.10 Å². The summed E-state index contributed by atoms with van der Waals surface area (Å²) in [5.74, 6) is 1.13. The Kier molecular flexibility index (Phi) is 6.71. The van der Waals surface area contributed by atoms with Crippen LogP contribution < -0.4 is 16.4 Å². The number of phenolic OH excluding ortho intramolecular Hbond substituents is 1. The number of aliphatic hydroxyl groups is 1. The van der Waals surface area contributed by atoms with Crippen molar-refractivity contribution in [2.75, 3.05) is 22.9 Å². The second-order valence-electron chi connectivity index (χ2n) is 7.18. The molecule has 0 radical (unpaired) electrons. The summed E-state index contributed by atoms with van der Waals surface area (Å²) in [6.07, 6.45) is 4.57. The molecule has 9 nitrogen and oxygen atoms in total. The molecule has 0 aliphatic heterocycles. The standard InChI is InChI=1S/C20H29N7O2/c1-3-4-5-8-27-12-24-17-18(22-11-14-9-15(21)6-7-16(14)29)25-20(26-19(17)27)23-10-13(2)28/h6-7,9,12-13,28-29H,3-5,8,10-11,21H2,1-2H3,(H2,22,23,25,26). The molecule has 0 saturated heterocycles. The number of anilines is 3. The molecule has 0 saturated carbocycles. The van der Waals surface area contributed by atoms with Crippen molar-refractivity contribution < 1.29 is 10.2 Å². The number of rotatable bonds is 10. The fourth-order valence-corrected chi connectivity index (χ4v) is 3.01. The van der Waals surface area contributed by atoms with Crippen LogP contribution in [0, 0.1) is 0 Å². The maximum Gasteiger partial charge on any atom is 0.226 e. The molecule has 0 aliphatic rings. The zero-order valence-electron chi connectivity index (χ0n) is 16.9. The summed E-state index contributed by atoms with van der Waals surface area (Å²) in [5.41, 5.74) is 8.45. The number of aryl methyl sites for hydroxylation is 1. The molecule has 1 aromatic carbocycles. The third kappa shape index (κ3) is 5.26. The minimum absolute atomic E-state index is 0.162. The molecule has 2 heterocycles. The van der Waals surface area contributed by atoms with Crippen LogP contribution in [0.4, 0.5) is 17.5 Å². The summed E-state index contributed by atoms with van der Waals surface area (Å²) in [6, 6.07) is 4.94. The molecule has 0 amide bonds. The number of hydrogen-bond acceptors (Lipinski definition) is 8. The van der Waals surface area contributed by atoms with Crippen LogP contribution in [-0.4, -0.2) is 42.4 Å². The van der Waals surface area contributed by atoms with E-state index in [9.17, 15) is 10.2 Å². The van der Waals surface area contributed by atoms with E-state index in [2.05, 4.69) is 32.5 Å². The van der Waals surface area contributed by atoms with E-state index in [4.69, 9.17) is 5.73 Å². The molecule has 2 aromatic heterocycles. The maximum absolute atomic E-state index is 10.1. The van der Waals surface area contributed by atoms with Gasteiger partial charge < -0.3 is 31.1 Å². The molecule has 3 rings (SSSR count). The second kappa shape index (κ2) is 9.42. The number of nitrogen functional groups attached to an aromatic ring is 1. The highest BCUT2D eigenvalue weighted by Gasteiger charge is 2.14. The van der Waals surface area contributed by atoms with Crippen molar-refractivity contribution in [2.45, 2.75) is 52.3 Å². The van der Waals surface area contributed by atoms with Crippen LogP contribution in [0.1, 0.15) is 38.7 Å². The summed E-state index contributed by atoms with van der Waals surface area (Å²) < 4.78 is 2.02. The molecule has 29 heavy (non-hydrogen) atoms. The first-order valence-corrected chi connectivity index (χ1v) is 9.94. The van der Waals surface area contributed by atoms with E-state index in [1.54, 1.807) is 31.5 Å². The predicted octanol–water partition coefficient (Wildman–Crippen LogP) is 2.71. The lowest BCUT2D eigenvalue weighted by molar-refractivity contribution is 0.208. The summed E-state index contributed by atoms with van der Waals surface area (Å²) in [7, 11) is 0. The van der Waals surface area contributed by atoms with E-state index in [1.165, 1.54) is 0 Å². The second-order valence-corrected chi connectivity index (χ2v) is 7.18. The van der Waals surface area contributed by atoms with Crippen LogP contribution in [0.25, 0.3) is 11.2 Å². The Labute approximate surface area is 170 Å². The van der Waals surface area contributed by atoms with E-state index in [1.807, 2.05) is 4.57 Å². The Morgan fingerprint density at radius 2 is 2.03 bits per heavy atom. The Hall–Kier alpha value is -3.07. The zero-order chi connectivity index (χ0) is 20.8. The molecular formula is C20H29N7O2. The maximum atomic E-state index is 10.1. The van der Waals surface area contributed by atoms with Crippen molar-refractivity contribution in [2.24, 2.45) is 0 Å². The van der Waals surface area contributed by atoms with Crippen LogP contribution in [0.15, 0.2) is 24.5 Å². The lowest BCUT2D eigenvalue weighted by atomic mass is 10.2. The summed E-state index contributed by atoms with van der Waals surface area (Å²) in [4.78, 5) is 13.6. The number of aromatic hydroxyl groups is 1. The Morgan fingerprint density at radius 3 is 2.79 bits per heavy atom. The lowest BCUT2D eigenvalue weighted by Crippen LogP contribution is -2.17. The zero-order valence-corrected chi connectivity index (χ0v) is 16.9. The normalized spacial score (nSPS) is 12.2. The fourth-order valence-electron chi connectivity index (χ4n) is 3.01. The van der Waals surface area contributed by atoms with Crippen LogP contribution in [0.3, 0.4) is 0 Å². The van der Waals surface area contributed by atoms with Gasteiger partial charge in [0.15, 0.2) is 17.0 Å². The highest BCUT2D eigenvalue weighted by Crippen LogP contribution is 2.25. The quantitative estimate of drug-likeness (QED) is 0.200. The van der Waals surface area contributed by atoms with Gasteiger partial charge in [0.1, 0.15) is 5.75 Å². The van der Waals surface area contributed by atoms with Gasteiger partial charge in [-0.15, -0.1) is 0 Å². The van der Waals surface area contributed by atoms with Gasteiger partial charge >= 0.3 is 0 Å². The number of nitrogens with two attached hydrogens (primary N) is 1. The van der Waals surface area contributed by atoms with E-state index in [0.717, 1.165) is 31.5 Å². The number of aliphatic hydroxyl groups excluding tert-OH is 1. The molecular weight excluding hydrogens is 370 g/mol. The van der Waals surface area contributed by atoms with E-state index in [-0.39, 0.29) is 5.75 Å². The van der Waals surface area contributed by atoms with Crippen molar-refractivity contribution >= 4 is 28.6 Å². The average molecular weight is 399 g/mol. The number of aromatic nitrogens is 4. The van der Waals surface area contributed by atoms with Gasteiger partial charge in [-0.2, -0.15) is 9.97 Å². The molecule has 0 fully saturated rings. The Bertz CT molecular complexity index is 955. The number of imidazole rings is 1. The van der Waals surface area contributed by atoms with Gasteiger partial charge in [-0.3, -0.25) is 0 Å². The van der Waals surface area contributed by atoms with Gasteiger partial charge in [0.2, 0.25) is 5.95 Å². The van der Waals surface area contributed by atoms with Crippen LogP contribution >= 0.6 is 0 Å². The monoisotopic (exact) mass is 399 g/mol. The Balaban J connectivity index is 1.89. The first-order valence-electron chi connectivity index (χ1n) is 9.94. The lowest BCUT2D eigenvalue weighted by Gasteiger charge is -2.12. The van der Waals surface area contributed by atoms with Gasteiger partial charge in [0, 0.05) is 30.9 Å². The van der Waals surface area contributed by atoms with Crippen molar-refractivity contribution in [1.82, 2.24) is 19.5 Å². The minimum Gasteiger partial charge on any atom is -0.508 e. The average Bonchev–Trinajstić information content (AvgIpc) is 3.10. The smallest absolute Gasteiger partial charge is 0.226 e. The van der Waals surface area contributed by atoms with Gasteiger partial charge in [-0.1, -0.05) is 19.8 Å². The molecule has 1 atom stereocenters. The first kappa shape index (κ1) is 20.7. The van der Waals surface area contributed by atoms with E-state index in [0.29, 0.717) is 41.6 Å².